The van der Waals surface area contributed by atoms with Crippen molar-refractivity contribution in [2.24, 2.45) is 0 Å². The number of carbonyl (C=O) groups excluding carboxylic acids is 1. The molecule has 234 valence electrons. The Morgan fingerprint density at radius 3 is 2.31 bits per heavy atom. The first-order chi connectivity index (χ1) is 22.0. The molecule has 1 aromatic heterocycles. The zero-order chi connectivity index (χ0) is 31.0. The minimum Gasteiger partial charge on any atom is -0.497 e. The number of benzene rings is 3. The summed E-state index contributed by atoms with van der Waals surface area (Å²) in [4.78, 5) is 29.5. The Hall–Kier alpha value is -3.79. The molecule has 2 aliphatic rings. The number of anilines is 2. The minimum absolute atomic E-state index is 0.0153. The van der Waals surface area contributed by atoms with Gasteiger partial charge in [-0.05, 0) is 60.4 Å². The van der Waals surface area contributed by atoms with Crippen molar-refractivity contribution in [1.82, 2.24) is 20.2 Å². The Bertz CT molecular complexity index is 1560. The SMILES string of the molecule is COc1ccc(N2CCN(c3cc(Cl)nc(SCc4cccc(C(=O)NC5CCN(Cc6ccccc6)CC5)c4)n3)CC2)cc1. The highest BCUT2D eigenvalue weighted by molar-refractivity contribution is 7.98. The summed E-state index contributed by atoms with van der Waals surface area (Å²) in [5.74, 6) is 2.33. The molecule has 0 aliphatic carbocycles. The summed E-state index contributed by atoms with van der Waals surface area (Å²) in [5.41, 5.74) is 4.25. The van der Waals surface area contributed by atoms with Gasteiger partial charge in [0.15, 0.2) is 5.16 Å². The average molecular weight is 643 g/mol. The van der Waals surface area contributed by atoms with Gasteiger partial charge in [-0.2, -0.15) is 0 Å². The number of likely N-dealkylation sites (tertiary alicyclic amines) is 1. The molecule has 0 radical (unpaired) electrons. The number of nitrogens with zero attached hydrogens (tertiary/aromatic N) is 5. The molecule has 0 unspecified atom stereocenters. The molecule has 2 saturated heterocycles. The first-order valence-corrected chi connectivity index (χ1v) is 16.9. The number of ether oxygens (including phenoxy) is 1. The highest BCUT2D eigenvalue weighted by Gasteiger charge is 2.22. The number of methoxy groups -OCH3 is 1. The molecule has 0 bridgehead atoms. The molecule has 0 saturated carbocycles. The van der Waals surface area contributed by atoms with Crippen molar-refractivity contribution in [1.29, 1.82) is 0 Å². The van der Waals surface area contributed by atoms with Gasteiger partial charge in [0, 0.05) is 74.9 Å². The number of halogens is 1. The number of piperazine rings is 1. The van der Waals surface area contributed by atoms with Crippen LogP contribution in [0.3, 0.4) is 0 Å². The highest BCUT2D eigenvalue weighted by Crippen LogP contribution is 2.27. The zero-order valence-corrected chi connectivity index (χ0v) is 27.1. The molecule has 3 heterocycles. The number of aromatic nitrogens is 2. The number of amides is 1. The first kappa shape index (κ1) is 31.2. The molecule has 2 fully saturated rings. The predicted molar refractivity (Wildman–Crippen MR) is 183 cm³/mol. The first-order valence-electron chi connectivity index (χ1n) is 15.5. The number of rotatable bonds is 10. The number of piperidine rings is 1. The zero-order valence-electron chi connectivity index (χ0n) is 25.6. The van der Waals surface area contributed by atoms with Crippen LogP contribution in [0.5, 0.6) is 5.75 Å². The van der Waals surface area contributed by atoms with Gasteiger partial charge in [-0.25, -0.2) is 9.97 Å². The molecule has 1 N–H and O–H groups in total. The number of thioether (sulfide) groups is 1. The van der Waals surface area contributed by atoms with Crippen LogP contribution in [0.25, 0.3) is 0 Å². The molecular weight excluding hydrogens is 604 g/mol. The molecule has 4 aromatic rings. The molecule has 2 aliphatic heterocycles. The summed E-state index contributed by atoms with van der Waals surface area (Å²) in [6.45, 7) is 6.38. The lowest BCUT2D eigenvalue weighted by molar-refractivity contribution is 0.0909. The smallest absolute Gasteiger partial charge is 0.251 e. The second kappa shape index (κ2) is 15.0. The van der Waals surface area contributed by atoms with Crippen LogP contribution in [-0.2, 0) is 12.3 Å². The Kier molecular flexibility index (Phi) is 10.4. The fourth-order valence-electron chi connectivity index (χ4n) is 5.89. The van der Waals surface area contributed by atoms with Crippen molar-refractivity contribution in [3.05, 3.63) is 107 Å². The Morgan fingerprint density at radius 2 is 1.58 bits per heavy atom. The van der Waals surface area contributed by atoms with Crippen molar-refractivity contribution in [3.63, 3.8) is 0 Å². The molecule has 0 atom stereocenters. The van der Waals surface area contributed by atoms with Gasteiger partial charge in [-0.15, -0.1) is 0 Å². The van der Waals surface area contributed by atoms with E-state index in [1.54, 1.807) is 7.11 Å². The van der Waals surface area contributed by atoms with Crippen molar-refractivity contribution in [2.45, 2.75) is 36.3 Å². The number of nitrogens with one attached hydrogen (secondary N) is 1. The number of hydrogen-bond acceptors (Lipinski definition) is 8. The van der Waals surface area contributed by atoms with Crippen LogP contribution in [0.4, 0.5) is 11.5 Å². The van der Waals surface area contributed by atoms with E-state index in [0.29, 0.717) is 21.6 Å². The highest BCUT2D eigenvalue weighted by atomic mass is 35.5. The van der Waals surface area contributed by atoms with E-state index < -0.39 is 0 Å². The van der Waals surface area contributed by atoms with Gasteiger partial charge in [0.2, 0.25) is 0 Å². The fraction of sp³-hybridized carbons (Fsp3) is 0.343. The molecule has 6 rings (SSSR count). The minimum atomic E-state index is -0.0153. The van der Waals surface area contributed by atoms with Crippen LogP contribution < -0.4 is 19.9 Å². The fourth-order valence-corrected chi connectivity index (χ4v) is 6.92. The summed E-state index contributed by atoms with van der Waals surface area (Å²) in [6, 6.07) is 28.6. The van der Waals surface area contributed by atoms with Crippen molar-refractivity contribution >= 4 is 40.8 Å². The van der Waals surface area contributed by atoms with Crippen LogP contribution >= 0.6 is 23.4 Å². The predicted octanol–water partition coefficient (Wildman–Crippen LogP) is 6.15. The van der Waals surface area contributed by atoms with E-state index in [2.05, 4.69) is 67.5 Å². The Morgan fingerprint density at radius 1 is 0.867 bits per heavy atom. The van der Waals surface area contributed by atoms with Gasteiger partial charge in [0.05, 0.1) is 7.11 Å². The van der Waals surface area contributed by atoms with E-state index in [1.807, 2.05) is 42.5 Å². The summed E-state index contributed by atoms with van der Waals surface area (Å²) in [5, 5.41) is 4.33. The third-order valence-electron chi connectivity index (χ3n) is 8.43. The second-order valence-corrected chi connectivity index (χ2v) is 12.8. The van der Waals surface area contributed by atoms with Crippen LogP contribution in [0.1, 0.15) is 34.3 Å². The van der Waals surface area contributed by atoms with Gasteiger partial charge in [0.25, 0.3) is 5.91 Å². The van der Waals surface area contributed by atoms with Gasteiger partial charge >= 0.3 is 0 Å². The summed E-state index contributed by atoms with van der Waals surface area (Å²) in [6.07, 6.45) is 1.91. The maximum atomic E-state index is 13.1. The third kappa shape index (κ3) is 8.48. The third-order valence-corrected chi connectivity index (χ3v) is 9.54. The van der Waals surface area contributed by atoms with E-state index >= 15 is 0 Å². The van der Waals surface area contributed by atoms with Crippen LogP contribution in [0.15, 0.2) is 90.1 Å². The van der Waals surface area contributed by atoms with Crippen LogP contribution in [0, 0.1) is 0 Å². The maximum Gasteiger partial charge on any atom is 0.251 e. The standard InChI is InChI=1S/C35H39ClN6O2S/c1-44-31-12-10-30(11-13-31)41-18-20-42(21-19-41)33-23-32(36)38-35(39-33)45-25-27-8-5-9-28(22-27)34(43)37-29-14-16-40(17-15-29)24-26-6-3-2-4-7-26/h2-13,22-23,29H,14-21,24-25H2,1H3,(H,37,43). The topological polar surface area (TPSA) is 73.8 Å². The quantitative estimate of drug-likeness (QED) is 0.125. The van der Waals surface area contributed by atoms with Crippen molar-refractivity contribution < 1.29 is 9.53 Å². The monoisotopic (exact) mass is 642 g/mol. The van der Waals surface area contributed by atoms with Crippen LogP contribution in [-0.4, -0.2) is 73.2 Å². The number of carbonyl (C=O) groups is 1. The van der Waals surface area contributed by atoms with Gasteiger partial charge < -0.3 is 19.9 Å². The van der Waals surface area contributed by atoms with Gasteiger partial charge in [-0.3, -0.25) is 9.69 Å². The molecule has 3 aromatic carbocycles. The molecule has 1 amide bonds. The molecule has 45 heavy (non-hydrogen) atoms. The van der Waals surface area contributed by atoms with E-state index in [4.69, 9.17) is 21.3 Å². The molecule has 0 spiro atoms. The maximum absolute atomic E-state index is 13.1. The molecule has 8 nitrogen and oxygen atoms in total. The average Bonchev–Trinajstić information content (AvgIpc) is 3.09. The lowest BCUT2D eigenvalue weighted by Gasteiger charge is -2.36. The van der Waals surface area contributed by atoms with Gasteiger partial charge in [0.1, 0.15) is 16.7 Å². The van der Waals surface area contributed by atoms with E-state index in [9.17, 15) is 4.79 Å². The number of hydrogen-bond donors (Lipinski definition) is 1. The summed E-state index contributed by atoms with van der Waals surface area (Å²) < 4.78 is 5.29. The van der Waals surface area contributed by atoms with E-state index in [-0.39, 0.29) is 11.9 Å². The van der Waals surface area contributed by atoms with Crippen LogP contribution in [0.2, 0.25) is 5.15 Å². The largest absolute Gasteiger partial charge is 0.497 e. The molecule has 10 heteroatoms. The second-order valence-electron chi connectivity index (χ2n) is 11.5. The Balaban J connectivity index is 0.992. The van der Waals surface area contributed by atoms with E-state index in [1.165, 1.54) is 23.0 Å². The lowest BCUT2D eigenvalue weighted by Crippen LogP contribution is -2.46. The van der Waals surface area contributed by atoms with Gasteiger partial charge in [-0.1, -0.05) is 65.8 Å². The summed E-state index contributed by atoms with van der Waals surface area (Å²) in [7, 11) is 1.68. The molecular formula is C35H39ClN6O2S. The van der Waals surface area contributed by atoms with E-state index in [0.717, 1.165) is 75.8 Å². The normalized spacial score (nSPS) is 16.0. The Labute approximate surface area is 274 Å². The summed E-state index contributed by atoms with van der Waals surface area (Å²) >= 11 is 7.97. The lowest BCUT2D eigenvalue weighted by atomic mass is 10.0. The van der Waals surface area contributed by atoms with Crippen molar-refractivity contribution in [3.8, 4) is 5.75 Å². The van der Waals surface area contributed by atoms with Crippen molar-refractivity contribution in [2.75, 3.05) is 56.2 Å².